The molecule has 4 nitrogen and oxygen atoms in total. The highest BCUT2D eigenvalue weighted by Crippen LogP contribution is 2.25. The van der Waals surface area contributed by atoms with Gasteiger partial charge in [-0.1, -0.05) is 44.2 Å². The van der Waals surface area contributed by atoms with E-state index >= 15 is 0 Å². The zero-order chi connectivity index (χ0) is 22.5. The predicted molar refractivity (Wildman–Crippen MR) is 129 cm³/mol. The van der Waals surface area contributed by atoms with Crippen molar-refractivity contribution in [1.29, 1.82) is 0 Å². The van der Waals surface area contributed by atoms with E-state index in [1.165, 1.54) is 12.1 Å². The summed E-state index contributed by atoms with van der Waals surface area (Å²) in [5.41, 5.74) is 3.93. The fourth-order valence-corrected chi connectivity index (χ4v) is 4.99. The van der Waals surface area contributed by atoms with Gasteiger partial charge in [0.05, 0.1) is 11.6 Å². The van der Waals surface area contributed by atoms with Gasteiger partial charge >= 0.3 is 0 Å². The van der Waals surface area contributed by atoms with Crippen LogP contribution in [-0.4, -0.2) is 33.3 Å². The van der Waals surface area contributed by atoms with Crippen molar-refractivity contribution in [2.75, 3.05) is 13.1 Å². The van der Waals surface area contributed by atoms with Gasteiger partial charge in [0, 0.05) is 42.3 Å². The van der Waals surface area contributed by atoms with E-state index in [2.05, 4.69) is 23.6 Å². The standard InChI is InChI=1S/C26H28FN3OS/c1-3-15-29(25(31)23(4-2)19-8-6-5-7-9-19)16-14-22-18-32-26-28-24(17-30(22)26)20-10-12-21(27)13-11-20/h5-13,17-18,23H,3-4,14-16H2,1-2H3. The summed E-state index contributed by atoms with van der Waals surface area (Å²) in [5.74, 6) is -0.162. The lowest BCUT2D eigenvalue weighted by molar-refractivity contribution is -0.133. The number of nitrogens with zero attached hydrogens (tertiary/aromatic N) is 3. The van der Waals surface area contributed by atoms with E-state index < -0.39 is 0 Å². The van der Waals surface area contributed by atoms with E-state index in [1.807, 2.05) is 41.4 Å². The first-order chi connectivity index (χ1) is 15.6. The number of aromatic nitrogens is 2. The highest BCUT2D eigenvalue weighted by molar-refractivity contribution is 7.15. The van der Waals surface area contributed by atoms with Crippen LogP contribution < -0.4 is 0 Å². The van der Waals surface area contributed by atoms with Gasteiger partial charge < -0.3 is 4.90 Å². The summed E-state index contributed by atoms with van der Waals surface area (Å²) < 4.78 is 15.3. The third-order valence-electron chi connectivity index (χ3n) is 5.77. The number of carbonyl (C=O) groups excluding carboxylic acids is 1. The Kier molecular flexibility index (Phi) is 7.00. The van der Waals surface area contributed by atoms with Gasteiger partial charge in [0.25, 0.3) is 0 Å². The first-order valence-corrected chi connectivity index (χ1v) is 12.0. The van der Waals surface area contributed by atoms with Crippen molar-refractivity contribution >= 4 is 22.2 Å². The molecule has 0 spiro atoms. The van der Waals surface area contributed by atoms with Crippen LogP contribution in [-0.2, 0) is 11.2 Å². The first-order valence-electron chi connectivity index (χ1n) is 11.2. The van der Waals surface area contributed by atoms with Crippen LogP contribution in [0, 0.1) is 5.82 Å². The fourth-order valence-electron chi connectivity index (χ4n) is 4.08. The molecule has 0 aliphatic heterocycles. The van der Waals surface area contributed by atoms with Crippen molar-refractivity contribution < 1.29 is 9.18 Å². The van der Waals surface area contributed by atoms with Crippen LogP contribution >= 0.6 is 11.3 Å². The summed E-state index contributed by atoms with van der Waals surface area (Å²) in [6, 6.07) is 16.5. The Morgan fingerprint density at radius 1 is 1.09 bits per heavy atom. The number of halogens is 1. The smallest absolute Gasteiger partial charge is 0.230 e. The molecule has 32 heavy (non-hydrogen) atoms. The molecule has 0 saturated carbocycles. The maximum atomic E-state index is 13.4. The maximum absolute atomic E-state index is 13.4. The summed E-state index contributed by atoms with van der Waals surface area (Å²) in [6.07, 6.45) is 4.47. The zero-order valence-electron chi connectivity index (χ0n) is 18.5. The van der Waals surface area contributed by atoms with Crippen LogP contribution in [0.2, 0.25) is 0 Å². The minimum Gasteiger partial charge on any atom is -0.342 e. The van der Waals surface area contributed by atoms with E-state index in [0.717, 1.165) is 53.3 Å². The van der Waals surface area contributed by atoms with Crippen molar-refractivity contribution in [2.24, 2.45) is 0 Å². The molecule has 4 rings (SSSR count). The Hall–Kier alpha value is -2.99. The van der Waals surface area contributed by atoms with E-state index in [0.29, 0.717) is 6.54 Å². The quantitative estimate of drug-likeness (QED) is 0.306. The van der Waals surface area contributed by atoms with Crippen LogP contribution in [0.5, 0.6) is 0 Å². The Morgan fingerprint density at radius 3 is 2.53 bits per heavy atom. The topological polar surface area (TPSA) is 37.6 Å². The van der Waals surface area contributed by atoms with Gasteiger partial charge in [-0.25, -0.2) is 9.37 Å². The van der Waals surface area contributed by atoms with Crippen LogP contribution in [0.15, 0.2) is 66.2 Å². The van der Waals surface area contributed by atoms with Gasteiger partial charge in [-0.05, 0) is 42.7 Å². The summed E-state index contributed by atoms with van der Waals surface area (Å²) in [6.45, 7) is 5.61. The number of rotatable bonds is 9. The van der Waals surface area contributed by atoms with Gasteiger partial charge in [0.15, 0.2) is 4.96 Å². The minimum atomic E-state index is -0.253. The number of hydrogen-bond donors (Lipinski definition) is 0. The molecule has 0 aliphatic rings. The van der Waals surface area contributed by atoms with Gasteiger partial charge in [-0.2, -0.15) is 0 Å². The fraction of sp³-hybridized carbons (Fsp3) is 0.308. The Morgan fingerprint density at radius 2 is 1.84 bits per heavy atom. The largest absolute Gasteiger partial charge is 0.342 e. The van der Waals surface area contributed by atoms with Crippen LogP contribution in [0.25, 0.3) is 16.2 Å². The molecule has 1 amide bonds. The summed E-state index contributed by atoms with van der Waals surface area (Å²) in [4.78, 5) is 21.0. The van der Waals surface area contributed by atoms with E-state index in [1.54, 1.807) is 23.5 Å². The van der Waals surface area contributed by atoms with E-state index in [-0.39, 0.29) is 17.6 Å². The number of carbonyl (C=O) groups is 1. The molecule has 0 fully saturated rings. The summed E-state index contributed by atoms with van der Waals surface area (Å²) in [7, 11) is 0. The maximum Gasteiger partial charge on any atom is 0.230 e. The van der Waals surface area contributed by atoms with Crippen molar-refractivity contribution in [3.8, 4) is 11.3 Å². The normalized spacial score (nSPS) is 12.2. The van der Waals surface area contributed by atoms with Crippen molar-refractivity contribution in [1.82, 2.24) is 14.3 Å². The number of imidazole rings is 1. The van der Waals surface area contributed by atoms with E-state index in [4.69, 9.17) is 4.98 Å². The number of fused-ring (bicyclic) bond motifs is 1. The second kappa shape index (κ2) is 10.1. The molecule has 1 unspecified atom stereocenters. The molecule has 0 radical (unpaired) electrons. The number of thiazole rings is 1. The van der Waals surface area contributed by atoms with Crippen LogP contribution in [0.4, 0.5) is 4.39 Å². The second-order valence-corrected chi connectivity index (χ2v) is 8.80. The molecular weight excluding hydrogens is 421 g/mol. The van der Waals surface area contributed by atoms with Crippen LogP contribution in [0.1, 0.15) is 43.9 Å². The third-order valence-corrected chi connectivity index (χ3v) is 6.66. The molecular formula is C26H28FN3OS. The van der Waals surface area contributed by atoms with Crippen molar-refractivity contribution in [2.45, 2.75) is 39.0 Å². The number of benzene rings is 2. The molecule has 0 bridgehead atoms. The lowest BCUT2D eigenvalue weighted by Gasteiger charge is -2.27. The minimum absolute atomic E-state index is 0.108. The lowest BCUT2D eigenvalue weighted by atomic mass is 9.95. The Balaban J connectivity index is 1.51. The van der Waals surface area contributed by atoms with Crippen LogP contribution in [0.3, 0.4) is 0 Å². The summed E-state index contributed by atoms with van der Waals surface area (Å²) >= 11 is 1.59. The van der Waals surface area contributed by atoms with Gasteiger partial charge in [0.1, 0.15) is 5.82 Å². The Bertz CT molecular complexity index is 1170. The SMILES string of the molecule is CCCN(CCc1csc2nc(-c3ccc(F)cc3)cn12)C(=O)C(CC)c1ccccc1. The molecule has 0 saturated heterocycles. The van der Waals surface area contributed by atoms with Crippen molar-refractivity contribution in [3.63, 3.8) is 0 Å². The van der Waals surface area contributed by atoms with Gasteiger partial charge in [0.2, 0.25) is 5.91 Å². The highest BCUT2D eigenvalue weighted by Gasteiger charge is 2.24. The number of amides is 1. The molecule has 166 valence electrons. The average Bonchev–Trinajstić information content (AvgIpc) is 3.40. The molecule has 1 atom stereocenters. The van der Waals surface area contributed by atoms with Gasteiger partial charge in [-0.3, -0.25) is 9.20 Å². The van der Waals surface area contributed by atoms with Gasteiger partial charge in [-0.15, -0.1) is 11.3 Å². The summed E-state index contributed by atoms with van der Waals surface area (Å²) in [5, 5.41) is 2.11. The molecule has 0 N–H and O–H groups in total. The second-order valence-electron chi connectivity index (χ2n) is 7.96. The average molecular weight is 450 g/mol. The lowest BCUT2D eigenvalue weighted by Crippen LogP contribution is -2.37. The molecule has 2 aromatic heterocycles. The Labute approximate surface area is 192 Å². The zero-order valence-corrected chi connectivity index (χ0v) is 19.3. The third kappa shape index (κ3) is 4.75. The predicted octanol–water partition coefficient (Wildman–Crippen LogP) is 6.18. The molecule has 0 aliphatic carbocycles. The molecule has 2 aromatic carbocycles. The van der Waals surface area contributed by atoms with E-state index in [9.17, 15) is 9.18 Å². The molecule has 2 heterocycles. The monoisotopic (exact) mass is 449 g/mol. The van der Waals surface area contributed by atoms with Crippen molar-refractivity contribution in [3.05, 3.63) is 83.2 Å². The molecule has 6 heteroatoms. The highest BCUT2D eigenvalue weighted by atomic mass is 32.1. The number of hydrogen-bond acceptors (Lipinski definition) is 3. The first kappa shape index (κ1) is 22.2. The molecule has 4 aromatic rings.